The smallest absolute Gasteiger partial charge is 0.326 e. The van der Waals surface area contributed by atoms with Gasteiger partial charge in [-0.3, -0.25) is 19.3 Å². The van der Waals surface area contributed by atoms with E-state index in [-0.39, 0.29) is 17.0 Å². The molecule has 3 amide bonds. The van der Waals surface area contributed by atoms with E-state index in [0.29, 0.717) is 0 Å². The van der Waals surface area contributed by atoms with Gasteiger partial charge in [0, 0.05) is 0 Å². The number of carboxylic acid groups (broad SMARTS) is 1. The predicted molar refractivity (Wildman–Crippen MR) is 85.5 cm³/mol. The van der Waals surface area contributed by atoms with E-state index in [0.717, 1.165) is 10.5 Å². The minimum atomic E-state index is -1.16. The number of fused-ring (bicyclic) bond motifs is 1. The summed E-state index contributed by atoms with van der Waals surface area (Å²) in [7, 11) is 0. The van der Waals surface area contributed by atoms with E-state index in [4.69, 9.17) is 5.11 Å². The molecule has 1 heterocycles. The molecule has 2 N–H and O–H groups in total. The molecule has 0 radical (unpaired) electrons. The van der Waals surface area contributed by atoms with Crippen LogP contribution in [0.5, 0.6) is 0 Å². The van der Waals surface area contributed by atoms with Crippen molar-refractivity contribution in [1.29, 1.82) is 0 Å². The summed E-state index contributed by atoms with van der Waals surface area (Å²) >= 11 is 0. The molecule has 0 aliphatic carbocycles. The number of carboxylic acids is 1. The molecule has 1 aliphatic heterocycles. The van der Waals surface area contributed by atoms with Crippen molar-refractivity contribution in [3.8, 4) is 0 Å². The fraction of sp³-hybridized carbons (Fsp3) is 0.412. The molecule has 1 unspecified atom stereocenters. The summed E-state index contributed by atoms with van der Waals surface area (Å²) in [5, 5.41) is 11.5. The molecule has 2 rings (SSSR count). The molecule has 1 aliphatic rings. The van der Waals surface area contributed by atoms with Crippen LogP contribution in [0.25, 0.3) is 0 Å². The molecular weight excluding hydrogens is 312 g/mol. The monoisotopic (exact) mass is 332 g/mol. The van der Waals surface area contributed by atoms with Gasteiger partial charge in [-0.1, -0.05) is 25.5 Å². The van der Waals surface area contributed by atoms with Crippen molar-refractivity contribution in [2.75, 3.05) is 0 Å². The van der Waals surface area contributed by atoms with Gasteiger partial charge in [0.05, 0.1) is 11.1 Å². The Morgan fingerprint density at radius 1 is 1.08 bits per heavy atom. The Kier molecular flexibility index (Phi) is 4.73. The third-order valence-electron chi connectivity index (χ3n) is 4.07. The van der Waals surface area contributed by atoms with Gasteiger partial charge in [-0.2, -0.15) is 0 Å². The van der Waals surface area contributed by atoms with Gasteiger partial charge < -0.3 is 10.4 Å². The average molecular weight is 332 g/mol. The van der Waals surface area contributed by atoms with Crippen LogP contribution >= 0.6 is 0 Å². The number of aliphatic carboxylic acids is 1. The van der Waals surface area contributed by atoms with E-state index >= 15 is 0 Å². The highest BCUT2D eigenvalue weighted by atomic mass is 16.4. The van der Waals surface area contributed by atoms with Crippen LogP contribution in [0.4, 0.5) is 0 Å². The standard InChI is InChI=1S/C17H20N2O5/c1-8(2)13(17(23)24)18-14(20)10(4)19-15(21)11-6-5-9(3)7-12(11)16(19)22/h5-8,10,13H,1-4H3,(H,18,20)(H,23,24)/t10?,13-/m1/s1. The van der Waals surface area contributed by atoms with Crippen LogP contribution in [0, 0.1) is 12.8 Å². The van der Waals surface area contributed by atoms with Crippen LogP contribution in [-0.2, 0) is 9.59 Å². The molecule has 7 nitrogen and oxygen atoms in total. The number of carbonyl (C=O) groups is 4. The van der Waals surface area contributed by atoms with Gasteiger partial charge in [-0.05, 0) is 31.9 Å². The van der Waals surface area contributed by atoms with E-state index in [9.17, 15) is 19.2 Å². The van der Waals surface area contributed by atoms with Crippen molar-refractivity contribution >= 4 is 23.7 Å². The van der Waals surface area contributed by atoms with Gasteiger partial charge in [0.25, 0.3) is 11.8 Å². The lowest BCUT2D eigenvalue weighted by molar-refractivity contribution is -0.143. The van der Waals surface area contributed by atoms with Crippen molar-refractivity contribution in [2.24, 2.45) is 5.92 Å². The summed E-state index contributed by atoms with van der Waals surface area (Å²) in [5.74, 6) is -3.26. The molecular formula is C17H20N2O5. The van der Waals surface area contributed by atoms with Crippen molar-refractivity contribution < 1.29 is 24.3 Å². The molecule has 0 bridgehead atoms. The summed E-state index contributed by atoms with van der Waals surface area (Å²) in [6, 6.07) is 2.70. The summed E-state index contributed by atoms with van der Waals surface area (Å²) in [4.78, 5) is 49.3. The van der Waals surface area contributed by atoms with E-state index in [1.807, 2.05) is 0 Å². The molecule has 0 saturated carbocycles. The highest BCUT2D eigenvalue weighted by Gasteiger charge is 2.41. The minimum absolute atomic E-state index is 0.254. The zero-order chi connectivity index (χ0) is 18.2. The van der Waals surface area contributed by atoms with E-state index < -0.39 is 35.8 Å². The number of nitrogens with zero attached hydrogens (tertiary/aromatic N) is 1. The van der Waals surface area contributed by atoms with Crippen LogP contribution < -0.4 is 5.32 Å². The lowest BCUT2D eigenvalue weighted by Crippen LogP contribution is -2.53. The van der Waals surface area contributed by atoms with Gasteiger partial charge in [0.1, 0.15) is 12.1 Å². The van der Waals surface area contributed by atoms with Crippen LogP contribution in [0.1, 0.15) is 47.1 Å². The van der Waals surface area contributed by atoms with Crippen molar-refractivity contribution in [2.45, 2.75) is 39.8 Å². The molecule has 1 aromatic carbocycles. The fourth-order valence-electron chi connectivity index (χ4n) is 2.63. The number of hydrogen-bond donors (Lipinski definition) is 2. The first-order valence-electron chi connectivity index (χ1n) is 7.66. The van der Waals surface area contributed by atoms with Gasteiger partial charge in [0.2, 0.25) is 5.91 Å². The van der Waals surface area contributed by atoms with Gasteiger partial charge in [0.15, 0.2) is 0 Å². The lowest BCUT2D eigenvalue weighted by Gasteiger charge is -2.25. The Morgan fingerprint density at radius 3 is 2.21 bits per heavy atom. The van der Waals surface area contributed by atoms with Gasteiger partial charge in [-0.15, -0.1) is 0 Å². The molecule has 7 heteroatoms. The van der Waals surface area contributed by atoms with Gasteiger partial charge in [-0.25, -0.2) is 4.79 Å². The Labute approximate surface area is 139 Å². The number of hydrogen-bond acceptors (Lipinski definition) is 4. The van der Waals surface area contributed by atoms with Crippen LogP contribution in [-0.4, -0.2) is 45.8 Å². The topological polar surface area (TPSA) is 104 Å². The Morgan fingerprint density at radius 2 is 1.67 bits per heavy atom. The number of imide groups is 1. The second-order valence-electron chi connectivity index (χ2n) is 6.27. The molecule has 128 valence electrons. The van der Waals surface area contributed by atoms with Crippen LogP contribution in [0.3, 0.4) is 0 Å². The Bertz CT molecular complexity index is 726. The normalized spacial score (nSPS) is 16.1. The number of nitrogens with one attached hydrogen (secondary N) is 1. The first-order valence-corrected chi connectivity index (χ1v) is 7.66. The largest absolute Gasteiger partial charge is 0.480 e. The van der Waals surface area contributed by atoms with Crippen LogP contribution in [0.2, 0.25) is 0 Å². The molecule has 0 spiro atoms. The van der Waals surface area contributed by atoms with Crippen molar-refractivity contribution in [3.63, 3.8) is 0 Å². The maximum atomic E-state index is 12.5. The van der Waals surface area contributed by atoms with Crippen molar-refractivity contribution in [3.05, 3.63) is 34.9 Å². The zero-order valence-electron chi connectivity index (χ0n) is 14.0. The highest BCUT2D eigenvalue weighted by molar-refractivity contribution is 6.22. The Hall–Kier alpha value is -2.70. The number of rotatable bonds is 5. The number of benzene rings is 1. The third kappa shape index (κ3) is 3.02. The number of aryl methyl sites for hydroxylation is 1. The summed E-state index contributed by atoms with van der Waals surface area (Å²) < 4.78 is 0. The third-order valence-corrected chi connectivity index (χ3v) is 4.07. The van der Waals surface area contributed by atoms with Gasteiger partial charge >= 0.3 is 5.97 Å². The molecule has 2 atom stereocenters. The number of carbonyl (C=O) groups excluding carboxylic acids is 3. The maximum Gasteiger partial charge on any atom is 0.326 e. The summed E-state index contributed by atoms with van der Waals surface area (Å²) in [5.41, 5.74) is 1.35. The Balaban J connectivity index is 2.23. The zero-order valence-corrected chi connectivity index (χ0v) is 14.0. The average Bonchev–Trinajstić information content (AvgIpc) is 2.74. The summed E-state index contributed by atoms with van der Waals surface area (Å²) in [6.45, 7) is 6.53. The minimum Gasteiger partial charge on any atom is -0.480 e. The maximum absolute atomic E-state index is 12.5. The molecule has 24 heavy (non-hydrogen) atoms. The van der Waals surface area contributed by atoms with E-state index in [1.165, 1.54) is 6.92 Å². The molecule has 0 fully saturated rings. The van der Waals surface area contributed by atoms with Crippen molar-refractivity contribution in [1.82, 2.24) is 10.2 Å². The van der Waals surface area contributed by atoms with E-state index in [2.05, 4.69) is 5.32 Å². The first kappa shape index (κ1) is 17.7. The second kappa shape index (κ2) is 6.43. The first-order chi connectivity index (χ1) is 11.1. The number of amides is 3. The van der Waals surface area contributed by atoms with E-state index in [1.54, 1.807) is 39.0 Å². The van der Waals surface area contributed by atoms with Crippen LogP contribution in [0.15, 0.2) is 18.2 Å². The molecule has 1 aromatic rings. The summed E-state index contributed by atoms with van der Waals surface area (Å²) in [6.07, 6.45) is 0. The molecule has 0 saturated heterocycles. The second-order valence-corrected chi connectivity index (χ2v) is 6.27. The SMILES string of the molecule is Cc1ccc2c(c1)C(=O)N(C(C)C(=O)N[C@@H](C(=O)O)C(C)C)C2=O. The highest BCUT2D eigenvalue weighted by Crippen LogP contribution is 2.25. The predicted octanol–water partition coefficient (Wildman–Crippen LogP) is 1.20. The fourth-order valence-corrected chi connectivity index (χ4v) is 2.63. The molecule has 0 aromatic heterocycles. The quantitative estimate of drug-likeness (QED) is 0.789. The lowest BCUT2D eigenvalue weighted by atomic mass is 10.0.